The van der Waals surface area contributed by atoms with E-state index in [1.165, 1.54) is 6.33 Å². The molecular formula is C14H15N3O2. The fourth-order valence-electron chi connectivity index (χ4n) is 2.08. The second-order valence-electron chi connectivity index (χ2n) is 4.29. The molecule has 0 atom stereocenters. The summed E-state index contributed by atoms with van der Waals surface area (Å²) in [5, 5.41) is 1.01. The van der Waals surface area contributed by atoms with Gasteiger partial charge >= 0.3 is 0 Å². The lowest BCUT2D eigenvalue weighted by Crippen LogP contribution is -1.98. The smallest absolute Gasteiger partial charge is 0.241 e. The third-order valence-electron chi connectivity index (χ3n) is 3.00. The molecule has 5 nitrogen and oxygen atoms in total. The molecule has 2 heterocycles. The Labute approximate surface area is 110 Å². The number of nitrogens with one attached hydrogen (secondary N) is 1. The molecule has 0 aliphatic heterocycles. The Balaban J connectivity index is 2.21. The summed E-state index contributed by atoms with van der Waals surface area (Å²) in [6.07, 6.45) is 2.47. The fraction of sp³-hybridized carbons (Fsp3) is 0.286. The maximum Gasteiger partial charge on any atom is 0.241 e. The SMILES string of the molecule is CCCOc1ncnc2c1[nH]c1ccc(OC)cc12. The van der Waals surface area contributed by atoms with Crippen LogP contribution in [0.4, 0.5) is 0 Å². The lowest BCUT2D eigenvalue weighted by atomic mass is 10.2. The first-order chi connectivity index (χ1) is 9.33. The van der Waals surface area contributed by atoms with Crippen LogP contribution < -0.4 is 9.47 Å². The van der Waals surface area contributed by atoms with Crippen molar-refractivity contribution in [3.05, 3.63) is 24.5 Å². The normalized spacial score (nSPS) is 11.1. The van der Waals surface area contributed by atoms with Crippen LogP contribution in [0.1, 0.15) is 13.3 Å². The number of nitrogens with zero attached hydrogens (tertiary/aromatic N) is 2. The highest BCUT2D eigenvalue weighted by atomic mass is 16.5. The maximum atomic E-state index is 5.64. The lowest BCUT2D eigenvalue weighted by molar-refractivity contribution is 0.308. The molecule has 0 spiro atoms. The Morgan fingerprint density at radius 1 is 1.26 bits per heavy atom. The number of hydrogen-bond acceptors (Lipinski definition) is 4. The van der Waals surface area contributed by atoms with E-state index >= 15 is 0 Å². The summed E-state index contributed by atoms with van der Waals surface area (Å²) in [5.41, 5.74) is 2.69. The van der Waals surface area contributed by atoms with E-state index in [0.29, 0.717) is 12.5 Å². The topological polar surface area (TPSA) is 60.0 Å². The number of ether oxygens (including phenoxy) is 2. The van der Waals surface area contributed by atoms with Crippen molar-refractivity contribution in [1.29, 1.82) is 0 Å². The van der Waals surface area contributed by atoms with Gasteiger partial charge in [0.25, 0.3) is 0 Å². The average molecular weight is 257 g/mol. The maximum absolute atomic E-state index is 5.64. The summed E-state index contributed by atoms with van der Waals surface area (Å²) in [4.78, 5) is 11.8. The Morgan fingerprint density at radius 3 is 2.95 bits per heavy atom. The van der Waals surface area contributed by atoms with Gasteiger partial charge in [0, 0.05) is 10.9 Å². The molecule has 0 fully saturated rings. The van der Waals surface area contributed by atoms with Crippen LogP contribution in [0, 0.1) is 0 Å². The number of rotatable bonds is 4. The predicted molar refractivity (Wildman–Crippen MR) is 73.7 cm³/mol. The highest BCUT2D eigenvalue weighted by Crippen LogP contribution is 2.30. The Hall–Kier alpha value is -2.30. The minimum absolute atomic E-state index is 0.599. The Morgan fingerprint density at radius 2 is 2.16 bits per heavy atom. The molecule has 0 aliphatic rings. The molecule has 0 bridgehead atoms. The fourth-order valence-corrected chi connectivity index (χ4v) is 2.08. The molecule has 0 amide bonds. The van der Waals surface area contributed by atoms with Crippen molar-refractivity contribution < 1.29 is 9.47 Å². The Bertz CT molecular complexity index is 721. The van der Waals surface area contributed by atoms with Crippen LogP contribution in [0.15, 0.2) is 24.5 Å². The molecule has 2 aromatic heterocycles. The lowest BCUT2D eigenvalue weighted by Gasteiger charge is -2.03. The molecule has 0 saturated heterocycles. The quantitative estimate of drug-likeness (QED) is 0.780. The van der Waals surface area contributed by atoms with Crippen LogP contribution >= 0.6 is 0 Å². The largest absolute Gasteiger partial charge is 0.497 e. The third kappa shape index (κ3) is 1.97. The number of H-pyrrole nitrogens is 1. The van der Waals surface area contributed by atoms with Crippen LogP contribution in [0.25, 0.3) is 21.9 Å². The van der Waals surface area contributed by atoms with Gasteiger partial charge in [-0.05, 0) is 24.6 Å². The number of aromatic nitrogens is 3. The number of aromatic amines is 1. The van der Waals surface area contributed by atoms with Crippen molar-refractivity contribution in [2.75, 3.05) is 13.7 Å². The standard InChI is InChI=1S/C14H15N3O2/c1-3-6-19-14-13-12(15-8-16-14)10-7-9(18-2)4-5-11(10)17-13/h4-5,7-8,17H,3,6H2,1-2H3. The average Bonchev–Trinajstić information content (AvgIpc) is 2.83. The van der Waals surface area contributed by atoms with Gasteiger partial charge in [-0.25, -0.2) is 4.98 Å². The van der Waals surface area contributed by atoms with Gasteiger partial charge in [0.15, 0.2) is 0 Å². The van der Waals surface area contributed by atoms with Gasteiger partial charge in [-0.3, -0.25) is 0 Å². The van der Waals surface area contributed by atoms with Gasteiger partial charge in [-0.1, -0.05) is 6.92 Å². The summed E-state index contributed by atoms with van der Waals surface area (Å²) in [5.74, 6) is 1.41. The minimum atomic E-state index is 0.599. The van der Waals surface area contributed by atoms with Crippen molar-refractivity contribution >= 4 is 21.9 Å². The zero-order chi connectivity index (χ0) is 13.2. The molecule has 98 valence electrons. The molecule has 3 rings (SSSR count). The van der Waals surface area contributed by atoms with E-state index in [1.54, 1.807) is 7.11 Å². The molecule has 5 heteroatoms. The third-order valence-corrected chi connectivity index (χ3v) is 3.00. The van der Waals surface area contributed by atoms with E-state index in [4.69, 9.17) is 9.47 Å². The van der Waals surface area contributed by atoms with E-state index in [0.717, 1.165) is 34.1 Å². The van der Waals surface area contributed by atoms with Crippen molar-refractivity contribution in [2.45, 2.75) is 13.3 Å². The van der Waals surface area contributed by atoms with Gasteiger partial charge in [0.05, 0.1) is 13.7 Å². The second-order valence-corrected chi connectivity index (χ2v) is 4.29. The van der Waals surface area contributed by atoms with Gasteiger partial charge < -0.3 is 14.5 Å². The van der Waals surface area contributed by atoms with Crippen molar-refractivity contribution in [3.8, 4) is 11.6 Å². The van der Waals surface area contributed by atoms with Crippen LogP contribution in [0.2, 0.25) is 0 Å². The molecule has 0 radical (unpaired) electrons. The van der Waals surface area contributed by atoms with Gasteiger partial charge in [0.2, 0.25) is 5.88 Å². The highest BCUT2D eigenvalue weighted by molar-refractivity contribution is 6.06. The van der Waals surface area contributed by atoms with E-state index in [1.807, 2.05) is 18.2 Å². The summed E-state index contributed by atoms with van der Waals surface area (Å²) in [6, 6.07) is 5.85. The first-order valence-electron chi connectivity index (χ1n) is 6.26. The number of methoxy groups -OCH3 is 1. The molecule has 0 saturated carbocycles. The first-order valence-corrected chi connectivity index (χ1v) is 6.26. The first kappa shape index (κ1) is 11.8. The number of fused-ring (bicyclic) bond motifs is 3. The molecule has 0 unspecified atom stereocenters. The molecule has 19 heavy (non-hydrogen) atoms. The van der Waals surface area contributed by atoms with Crippen LogP contribution in [0.3, 0.4) is 0 Å². The van der Waals surface area contributed by atoms with E-state index < -0.39 is 0 Å². The minimum Gasteiger partial charge on any atom is -0.497 e. The van der Waals surface area contributed by atoms with Crippen molar-refractivity contribution in [1.82, 2.24) is 15.0 Å². The second kappa shape index (κ2) is 4.76. The zero-order valence-electron chi connectivity index (χ0n) is 10.9. The molecule has 1 N–H and O–H groups in total. The summed E-state index contributed by atoms with van der Waals surface area (Å²) in [7, 11) is 1.65. The zero-order valence-corrected chi connectivity index (χ0v) is 10.9. The monoisotopic (exact) mass is 257 g/mol. The van der Waals surface area contributed by atoms with Crippen LogP contribution in [0.5, 0.6) is 11.6 Å². The molecule has 0 aliphatic carbocycles. The van der Waals surface area contributed by atoms with E-state index in [2.05, 4.69) is 21.9 Å². The summed E-state index contributed by atoms with van der Waals surface area (Å²) >= 11 is 0. The van der Waals surface area contributed by atoms with Crippen LogP contribution in [-0.4, -0.2) is 28.7 Å². The van der Waals surface area contributed by atoms with Gasteiger partial charge in [-0.2, -0.15) is 4.98 Å². The highest BCUT2D eigenvalue weighted by Gasteiger charge is 2.11. The van der Waals surface area contributed by atoms with Gasteiger partial charge in [-0.15, -0.1) is 0 Å². The van der Waals surface area contributed by atoms with E-state index in [-0.39, 0.29) is 0 Å². The summed E-state index contributed by atoms with van der Waals surface area (Å²) in [6.45, 7) is 2.71. The molecular weight excluding hydrogens is 242 g/mol. The van der Waals surface area contributed by atoms with Crippen LogP contribution in [-0.2, 0) is 0 Å². The van der Waals surface area contributed by atoms with Crippen molar-refractivity contribution in [3.63, 3.8) is 0 Å². The number of benzene rings is 1. The predicted octanol–water partition coefficient (Wildman–Crippen LogP) is 2.91. The summed E-state index contributed by atoms with van der Waals surface area (Å²) < 4.78 is 10.9. The molecule has 3 aromatic rings. The molecule has 1 aromatic carbocycles. The van der Waals surface area contributed by atoms with E-state index in [9.17, 15) is 0 Å². The van der Waals surface area contributed by atoms with Crippen molar-refractivity contribution in [2.24, 2.45) is 0 Å². The number of hydrogen-bond donors (Lipinski definition) is 1. The Kier molecular flexibility index (Phi) is 2.95. The van der Waals surface area contributed by atoms with Gasteiger partial charge in [0.1, 0.15) is 23.1 Å².